The number of hydrogen-bond donors (Lipinski definition) is 3. The van der Waals surface area contributed by atoms with Crippen LogP contribution in [0.5, 0.6) is 0 Å². The molecular formula is C14H16N4O. The van der Waals surface area contributed by atoms with E-state index in [1.54, 1.807) is 6.33 Å². The molecule has 1 aromatic carbocycles. The summed E-state index contributed by atoms with van der Waals surface area (Å²) in [6, 6.07) is 5.46. The van der Waals surface area contributed by atoms with E-state index in [0.717, 1.165) is 30.6 Å². The van der Waals surface area contributed by atoms with Crippen molar-refractivity contribution in [3.8, 4) is 0 Å². The molecule has 0 aliphatic heterocycles. The predicted octanol–water partition coefficient (Wildman–Crippen LogP) is 2.37. The van der Waals surface area contributed by atoms with Crippen molar-refractivity contribution in [3.05, 3.63) is 47.5 Å². The fourth-order valence-corrected chi connectivity index (χ4v) is 2.88. The van der Waals surface area contributed by atoms with Gasteiger partial charge < -0.3 is 16.0 Å². The molecule has 0 fully saturated rings. The summed E-state index contributed by atoms with van der Waals surface area (Å²) in [5.74, 6) is 0.320. The van der Waals surface area contributed by atoms with E-state index in [-0.39, 0.29) is 0 Å². The van der Waals surface area contributed by atoms with Gasteiger partial charge in [0, 0.05) is 23.5 Å². The van der Waals surface area contributed by atoms with E-state index in [1.807, 2.05) is 18.3 Å². The van der Waals surface area contributed by atoms with E-state index in [0.29, 0.717) is 5.92 Å². The summed E-state index contributed by atoms with van der Waals surface area (Å²) < 4.78 is 0. The highest BCUT2D eigenvalue weighted by Gasteiger charge is 2.24. The summed E-state index contributed by atoms with van der Waals surface area (Å²) in [5.41, 5.74) is 9.61. The summed E-state index contributed by atoms with van der Waals surface area (Å²) in [5, 5.41) is 2.71. The molecule has 5 heteroatoms. The zero-order chi connectivity index (χ0) is 13.2. The molecule has 0 bridgehead atoms. The fourth-order valence-electron chi connectivity index (χ4n) is 2.88. The molecule has 2 amide bonds. The molecule has 1 aliphatic carbocycles. The van der Waals surface area contributed by atoms with E-state index in [9.17, 15) is 4.79 Å². The van der Waals surface area contributed by atoms with Gasteiger partial charge in [0.15, 0.2) is 0 Å². The first-order valence-corrected chi connectivity index (χ1v) is 6.42. The molecule has 2 aromatic rings. The third kappa shape index (κ3) is 2.19. The SMILES string of the molecule is NC(=O)Nc1cccc2c1CCCC2c1cnc[nH]1. The minimum atomic E-state index is -0.517. The van der Waals surface area contributed by atoms with Gasteiger partial charge in [-0.25, -0.2) is 9.78 Å². The average molecular weight is 256 g/mol. The maximum atomic E-state index is 11.1. The maximum absolute atomic E-state index is 11.1. The number of nitrogens with zero attached hydrogens (tertiary/aromatic N) is 1. The molecule has 19 heavy (non-hydrogen) atoms. The van der Waals surface area contributed by atoms with Gasteiger partial charge in [-0.05, 0) is 36.5 Å². The normalized spacial score (nSPS) is 17.8. The fraction of sp³-hybridized carbons (Fsp3) is 0.286. The van der Waals surface area contributed by atoms with E-state index < -0.39 is 6.03 Å². The second-order valence-corrected chi connectivity index (χ2v) is 4.81. The topological polar surface area (TPSA) is 83.8 Å². The number of hydrogen-bond acceptors (Lipinski definition) is 2. The van der Waals surface area contributed by atoms with Crippen LogP contribution in [0, 0.1) is 0 Å². The van der Waals surface area contributed by atoms with Gasteiger partial charge in [-0.1, -0.05) is 12.1 Å². The van der Waals surface area contributed by atoms with Gasteiger partial charge in [-0.2, -0.15) is 0 Å². The Morgan fingerprint density at radius 1 is 1.47 bits per heavy atom. The zero-order valence-corrected chi connectivity index (χ0v) is 10.5. The number of fused-ring (bicyclic) bond motifs is 1. The Morgan fingerprint density at radius 3 is 3.11 bits per heavy atom. The van der Waals surface area contributed by atoms with Crippen LogP contribution in [-0.4, -0.2) is 16.0 Å². The van der Waals surface area contributed by atoms with Crippen molar-refractivity contribution >= 4 is 11.7 Å². The smallest absolute Gasteiger partial charge is 0.316 e. The van der Waals surface area contributed by atoms with Crippen LogP contribution in [0.1, 0.15) is 35.6 Å². The second-order valence-electron chi connectivity index (χ2n) is 4.81. The molecule has 98 valence electrons. The van der Waals surface area contributed by atoms with Gasteiger partial charge in [-0.15, -0.1) is 0 Å². The first kappa shape index (κ1) is 11.8. The highest BCUT2D eigenvalue weighted by Crippen LogP contribution is 2.38. The summed E-state index contributed by atoms with van der Waals surface area (Å²) >= 11 is 0. The van der Waals surface area contributed by atoms with Crippen LogP contribution in [0.15, 0.2) is 30.7 Å². The number of carbonyl (C=O) groups is 1. The lowest BCUT2D eigenvalue weighted by molar-refractivity contribution is 0.259. The van der Waals surface area contributed by atoms with Crippen LogP contribution in [0.25, 0.3) is 0 Å². The number of nitrogens with one attached hydrogen (secondary N) is 2. The molecule has 0 saturated heterocycles. The van der Waals surface area contributed by atoms with Crippen LogP contribution >= 0.6 is 0 Å². The number of urea groups is 1. The largest absolute Gasteiger partial charge is 0.351 e. The number of amides is 2. The number of benzene rings is 1. The number of aromatic nitrogens is 2. The number of imidazole rings is 1. The zero-order valence-electron chi connectivity index (χ0n) is 10.5. The lowest BCUT2D eigenvalue weighted by atomic mass is 9.80. The summed E-state index contributed by atoms with van der Waals surface area (Å²) in [6.45, 7) is 0. The molecule has 1 unspecified atom stereocenters. The van der Waals surface area contributed by atoms with Gasteiger partial charge in [0.25, 0.3) is 0 Å². The second kappa shape index (κ2) is 4.76. The van der Waals surface area contributed by atoms with Gasteiger partial charge >= 0.3 is 6.03 Å². The van der Waals surface area contributed by atoms with Gasteiger partial charge in [0.1, 0.15) is 0 Å². The van der Waals surface area contributed by atoms with Crippen molar-refractivity contribution in [3.63, 3.8) is 0 Å². The highest BCUT2D eigenvalue weighted by atomic mass is 16.2. The van der Waals surface area contributed by atoms with Crippen LogP contribution in [0.4, 0.5) is 10.5 Å². The number of carbonyl (C=O) groups excluding carboxylic acids is 1. The molecule has 1 aromatic heterocycles. The standard InChI is InChI=1S/C14H16N4O/c15-14(19)18-12-6-2-3-9-10(12)4-1-5-11(9)13-7-16-8-17-13/h2-3,6-8,11H,1,4-5H2,(H,16,17)(H3,15,18,19). The molecule has 5 nitrogen and oxygen atoms in total. The Balaban J connectivity index is 2.03. The van der Waals surface area contributed by atoms with Crippen molar-refractivity contribution in [2.75, 3.05) is 5.32 Å². The molecule has 0 spiro atoms. The minimum absolute atomic E-state index is 0.320. The third-order valence-corrected chi connectivity index (χ3v) is 3.66. The van der Waals surface area contributed by atoms with E-state index in [4.69, 9.17) is 5.73 Å². The number of rotatable bonds is 2. The third-order valence-electron chi connectivity index (χ3n) is 3.66. The first-order chi connectivity index (χ1) is 9.25. The van der Waals surface area contributed by atoms with Crippen LogP contribution in [0.2, 0.25) is 0 Å². The Bertz CT molecular complexity index is 591. The Labute approximate surface area is 111 Å². The quantitative estimate of drug-likeness (QED) is 0.770. The lowest BCUT2D eigenvalue weighted by Gasteiger charge is -2.26. The molecule has 1 aliphatic rings. The number of aromatic amines is 1. The van der Waals surface area contributed by atoms with Crippen LogP contribution in [-0.2, 0) is 6.42 Å². The monoisotopic (exact) mass is 256 g/mol. The number of primary amides is 1. The van der Waals surface area contributed by atoms with Gasteiger partial charge in [0.05, 0.1) is 6.33 Å². The molecule has 3 rings (SSSR count). The van der Waals surface area contributed by atoms with Gasteiger partial charge in [-0.3, -0.25) is 0 Å². The summed E-state index contributed by atoms with van der Waals surface area (Å²) in [6.07, 6.45) is 6.73. The van der Waals surface area contributed by atoms with Crippen molar-refractivity contribution in [2.24, 2.45) is 5.73 Å². The van der Waals surface area contributed by atoms with E-state index in [2.05, 4.69) is 21.4 Å². The predicted molar refractivity (Wildman–Crippen MR) is 73.0 cm³/mol. The van der Waals surface area contributed by atoms with E-state index >= 15 is 0 Å². The average Bonchev–Trinajstić information content (AvgIpc) is 2.91. The number of anilines is 1. The first-order valence-electron chi connectivity index (χ1n) is 6.42. The maximum Gasteiger partial charge on any atom is 0.316 e. The summed E-state index contributed by atoms with van der Waals surface area (Å²) in [4.78, 5) is 18.3. The number of H-pyrrole nitrogens is 1. The number of nitrogens with two attached hydrogens (primary N) is 1. The highest BCUT2D eigenvalue weighted by molar-refractivity contribution is 5.89. The summed E-state index contributed by atoms with van der Waals surface area (Å²) in [7, 11) is 0. The van der Waals surface area contributed by atoms with Crippen molar-refractivity contribution < 1.29 is 4.79 Å². The Kier molecular flexibility index (Phi) is 2.95. The van der Waals surface area contributed by atoms with Crippen LogP contribution < -0.4 is 11.1 Å². The van der Waals surface area contributed by atoms with Crippen LogP contribution in [0.3, 0.4) is 0 Å². The Morgan fingerprint density at radius 2 is 2.37 bits per heavy atom. The molecule has 4 N–H and O–H groups in total. The molecular weight excluding hydrogens is 240 g/mol. The molecule has 0 saturated carbocycles. The molecule has 0 radical (unpaired) electrons. The van der Waals surface area contributed by atoms with Crippen molar-refractivity contribution in [2.45, 2.75) is 25.2 Å². The lowest BCUT2D eigenvalue weighted by Crippen LogP contribution is -2.22. The Hall–Kier alpha value is -2.30. The van der Waals surface area contributed by atoms with Crippen molar-refractivity contribution in [1.29, 1.82) is 0 Å². The molecule has 1 atom stereocenters. The van der Waals surface area contributed by atoms with Crippen molar-refractivity contribution in [1.82, 2.24) is 9.97 Å². The van der Waals surface area contributed by atoms with Gasteiger partial charge in [0.2, 0.25) is 0 Å². The van der Waals surface area contributed by atoms with E-state index in [1.165, 1.54) is 11.1 Å². The minimum Gasteiger partial charge on any atom is -0.351 e. The molecule has 1 heterocycles.